The molecule has 0 fully saturated rings. The van der Waals surface area contributed by atoms with Gasteiger partial charge in [0.15, 0.2) is 6.10 Å². The zero-order chi connectivity index (χ0) is 96.2. The molecule has 0 aromatic rings. The van der Waals surface area contributed by atoms with Crippen LogP contribution in [0.25, 0.3) is 0 Å². The highest BCUT2D eigenvalue weighted by atomic mass is 16.6. The van der Waals surface area contributed by atoms with Gasteiger partial charge >= 0.3 is 29.8 Å². The molecule has 0 amide bonds. The van der Waals surface area contributed by atoms with Crippen molar-refractivity contribution in [2.75, 3.05) is 26.4 Å². The molecule has 0 aromatic heterocycles. The van der Waals surface area contributed by atoms with Gasteiger partial charge in [0.2, 0.25) is 0 Å². The SMILES string of the molecule is CCCCCCCCCCCCCCCCCC(=O)OCCCCCCCCCCCCCCCCCCOC(=O)CCCCCCCCCCCCCCCCC.CCCCCCCCCCCCCCCCCCCCCC(=O)OCC(COC(=O)CCCCCCCCCCCCCCCCCCCCC)OC(=O)CCCCCCCCCCCCCCCCCCCCC. The smallest absolute Gasteiger partial charge is 0.306 e. The third-order valence-electron chi connectivity index (χ3n) is 28.6. The molecule has 0 unspecified atom stereocenters. The summed E-state index contributed by atoms with van der Waals surface area (Å²) in [7, 11) is 0. The maximum Gasteiger partial charge on any atom is 0.306 e. The van der Waals surface area contributed by atoms with Gasteiger partial charge in [-0.3, -0.25) is 24.0 Å². The summed E-state index contributed by atoms with van der Waals surface area (Å²) in [4.78, 5) is 62.5. The summed E-state index contributed by atoms with van der Waals surface area (Å²) in [6, 6.07) is 0. The van der Waals surface area contributed by atoms with Crippen LogP contribution in [-0.2, 0) is 47.7 Å². The molecule has 10 heteroatoms. The topological polar surface area (TPSA) is 132 Å². The molecular formula is C123H240O10. The van der Waals surface area contributed by atoms with Crippen LogP contribution in [0, 0.1) is 0 Å². The molecule has 0 saturated heterocycles. The Hall–Kier alpha value is -2.65. The third-order valence-corrected chi connectivity index (χ3v) is 28.6. The first-order chi connectivity index (χ1) is 65.7. The minimum Gasteiger partial charge on any atom is -0.466 e. The van der Waals surface area contributed by atoms with Crippen molar-refractivity contribution in [1.82, 2.24) is 0 Å². The molecule has 0 atom stereocenters. The summed E-state index contributed by atoms with van der Waals surface area (Å²) in [6.07, 6.45) is 138. The molecular weight excluding hydrogens is 1640 g/mol. The summed E-state index contributed by atoms with van der Waals surface area (Å²) in [5.74, 6) is -0.782. The number of carbonyl (C=O) groups excluding carboxylic acids is 5. The van der Waals surface area contributed by atoms with Crippen molar-refractivity contribution >= 4 is 29.8 Å². The molecule has 0 N–H and O–H groups in total. The van der Waals surface area contributed by atoms with E-state index < -0.39 is 6.10 Å². The van der Waals surface area contributed by atoms with Crippen molar-refractivity contribution in [2.24, 2.45) is 0 Å². The van der Waals surface area contributed by atoms with E-state index in [1.165, 1.54) is 578 Å². The van der Waals surface area contributed by atoms with E-state index in [0.717, 1.165) is 83.5 Å². The van der Waals surface area contributed by atoms with Gasteiger partial charge in [-0.25, -0.2) is 0 Å². The number of ether oxygens (including phenoxy) is 5. The Balaban J connectivity index is 0. The van der Waals surface area contributed by atoms with E-state index in [1.54, 1.807) is 0 Å². The van der Waals surface area contributed by atoms with E-state index in [2.05, 4.69) is 34.6 Å². The van der Waals surface area contributed by atoms with Crippen molar-refractivity contribution < 1.29 is 47.7 Å². The van der Waals surface area contributed by atoms with Crippen molar-refractivity contribution in [1.29, 1.82) is 0 Å². The zero-order valence-electron chi connectivity index (χ0n) is 91.4. The Kier molecular flexibility index (Phi) is 121. The average Bonchev–Trinajstić information content (AvgIpc) is 0.933. The molecule has 0 aliphatic carbocycles. The Morgan fingerprint density at radius 2 is 0.233 bits per heavy atom. The first-order valence-electron chi connectivity index (χ1n) is 61.6. The lowest BCUT2D eigenvalue weighted by atomic mass is 10.0. The zero-order valence-corrected chi connectivity index (χ0v) is 91.4. The van der Waals surface area contributed by atoms with Gasteiger partial charge in [0.1, 0.15) is 13.2 Å². The normalized spacial score (nSPS) is 11.5. The monoisotopic (exact) mass is 1880 g/mol. The highest BCUT2D eigenvalue weighted by molar-refractivity contribution is 5.71. The molecule has 0 aromatic carbocycles. The van der Waals surface area contributed by atoms with Gasteiger partial charge in [-0.05, 0) is 44.9 Å². The molecule has 10 nitrogen and oxygen atoms in total. The Labute approximate surface area is 833 Å². The van der Waals surface area contributed by atoms with Crippen LogP contribution in [0.3, 0.4) is 0 Å². The Morgan fingerprint density at radius 1 is 0.128 bits per heavy atom. The second-order valence-electron chi connectivity index (χ2n) is 42.3. The first-order valence-corrected chi connectivity index (χ1v) is 61.6. The fourth-order valence-corrected chi connectivity index (χ4v) is 19.4. The molecule has 0 aliphatic heterocycles. The maximum atomic E-state index is 12.9. The van der Waals surface area contributed by atoms with Crippen molar-refractivity contribution in [3.63, 3.8) is 0 Å². The maximum absolute atomic E-state index is 12.9. The molecule has 133 heavy (non-hydrogen) atoms. The quantitative estimate of drug-likeness (QED) is 0.0329. The Bertz CT molecular complexity index is 2080. The van der Waals surface area contributed by atoms with Gasteiger partial charge in [-0.2, -0.15) is 0 Å². The number of rotatable bonds is 116. The highest BCUT2D eigenvalue weighted by Crippen LogP contribution is 2.24. The summed E-state index contributed by atoms with van der Waals surface area (Å²) in [6.45, 7) is 12.6. The van der Waals surface area contributed by atoms with Gasteiger partial charge < -0.3 is 23.7 Å². The molecule has 0 saturated carbocycles. The van der Waals surface area contributed by atoms with Crippen LogP contribution < -0.4 is 0 Å². The van der Waals surface area contributed by atoms with E-state index >= 15 is 0 Å². The lowest BCUT2D eigenvalue weighted by molar-refractivity contribution is -0.167. The van der Waals surface area contributed by atoms with E-state index in [-0.39, 0.29) is 43.1 Å². The van der Waals surface area contributed by atoms with Crippen LogP contribution in [-0.4, -0.2) is 62.4 Å². The molecule has 0 bridgehead atoms. The fourth-order valence-electron chi connectivity index (χ4n) is 19.4. The molecule has 0 radical (unpaired) electrons. The lowest BCUT2D eigenvalue weighted by Crippen LogP contribution is -2.30. The predicted octanol–water partition coefficient (Wildman–Crippen LogP) is 42.3. The van der Waals surface area contributed by atoms with E-state index in [0.29, 0.717) is 45.3 Å². The van der Waals surface area contributed by atoms with Gasteiger partial charge in [0.05, 0.1) is 13.2 Å². The van der Waals surface area contributed by atoms with Crippen LogP contribution in [0.4, 0.5) is 0 Å². The minimum absolute atomic E-state index is 0.0183. The molecule has 0 spiro atoms. The van der Waals surface area contributed by atoms with Gasteiger partial charge in [0, 0.05) is 32.1 Å². The summed E-state index contributed by atoms with van der Waals surface area (Å²) < 4.78 is 28.0. The molecule has 0 rings (SSSR count). The summed E-state index contributed by atoms with van der Waals surface area (Å²) >= 11 is 0. The fraction of sp³-hybridized carbons (Fsp3) is 0.959. The number of hydrogen-bond acceptors (Lipinski definition) is 10. The molecule has 0 aliphatic rings. The van der Waals surface area contributed by atoms with Crippen LogP contribution in [0.5, 0.6) is 0 Å². The first kappa shape index (κ1) is 132. The van der Waals surface area contributed by atoms with Gasteiger partial charge in [-0.15, -0.1) is 0 Å². The molecule has 792 valence electrons. The van der Waals surface area contributed by atoms with Crippen molar-refractivity contribution in [3.05, 3.63) is 0 Å². The van der Waals surface area contributed by atoms with Crippen molar-refractivity contribution in [3.8, 4) is 0 Å². The minimum atomic E-state index is -0.763. The van der Waals surface area contributed by atoms with Crippen LogP contribution in [0.2, 0.25) is 0 Å². The number of carbonyl (C=O) groups is 5. The number of hydrogen-bond donors (Lipinski definition) is 0. The Morgan fingerprint density at radius 3 is 0.368 bits per heavy atom. The van der Waals surface area contributed by atoms with Gasteiger partial charge in [-0.1, -0.05) is 651 Å². The van der Waals surface area contributed by atoms with Crippen molar-refractivity contribution in [2.45, 2.75) is 734 Å². The van der Waals surface area contributed by atoms with Crippen LogP contribution in [0.1, 0.15) is 728 Å². The van der Waals surface area contributed by atoms with Gasteiger partial charge in [0.25, 0.3) is 0 Å². The van der Waals surface area contributed by atoms with E-state index in [4.69, 9.17) is 23.7 Å². The van der Waals surface area contributed by atoms with E-state index in [1.807, 2.05) is 0 Å². The summed E-state index contributed by atoms with van der Waals surface area (Å²) in [5.41, 5.74) is 0. The standard InChI is InChI=1S/C69H134O6.C54H106O4/c1-4-7-10-13-16-19-22-25-28-31-34-37-40-43-46-49-52-55-58-61-67(70)73-64-66(75-69(72)63-60-57-54-51-48-45-42-39-36-33-30-27-24-21-18-15-12-9-6-3)65-74-68(71)62-59-56-53-50-47-44-41-38-35-32-29-26-23-20-17-14-11-8-5-2;1-3-5-7-9-11-13-15-17-21-25-29-33-37-41-45-49-53(55)57-51-47-43-39-35-31-27-23-19-20-24-28-32-36-40-44-48-52-58-54(56)50-46-42-38-34-30-26-22-18-16-14-12-10-8-6-4-2/h66H,4-65H2,1-3H3;3-52H2,1-2H3. The summed E-state index contributed by atoms with van der Waals surface area (Å²) in [5, 5.41) is 0. The largest absolute Gasteiger partial charge is 0.466 e. The number of unbranched alkanes of at least 4 members (excludes halogenated alkanes) is 97. The van der Waals surface area contributed by atoms with E-state index in [9.17, 15) is 24.0 Å². The third kappa shape index (κ3) is 122. The second kappa shape index (κ2) is 122. The highest BCUT2D eigenvalue weighted by Gasteiger charge is 2.20. The van der Waals surface area contributed by atoms with Crippen LogP contribution >= 0.6 is 0 Å². The predicted molar refractivity (Wildman–Crippen MR) is 581 cm³/mol. The second-order valence-corrected chi connectivity index (χ2v) is 42.3. The average molecular weight is 1880 g/mol. The lowest BCUT2D eigenvalue weighted by Gasteiger charge is -2.18. The number of esters is 5. The molecule has 0 heterocycles. The van der Waals surface area contributed by atoms with Crippen LogP contribution in [0.15, 0.2) is 0 Å².